The van der Waals surface area contributed by atoms with Gasteiger partial charge in [0.05, 0.1) is 18.3 Å². The number of nitrogens with zero attached hydrogens (tertiary/aromatic N) is 1. The number of carbonyl (C=O) groups is 1. The van der Waals surface area contributed by atoms with Gasteiger partial charge in [-0.2, -0.15) is 0 Å². The summed E-state index contributed by atoms with van der Waals surface area (Å²) in [5, 5.41) is 4.00. The van der Waals surface area contributed by atoms with Crippen LogP contribution in [0.15, 0.2) is 63.8 Å². The van der Waals surface area contributed by atoms with Crippen molar-refractivity contribution in [2.75, 3.05) is 19.7 Å². The first-order chi connectivity index (χ1) is 14.6. The molecule has 0 saturated carbocycles. The van der Waals surface area contributed by atoms with Crippen LogP contribution in [-0.2, 0) is 4.74 Å². The normalized spacial score (nSPS) is 24.0. The molecule has 1 N–H and O–H groups in total. The van der Waals surface area contributed by atoms with Crippen LogP contribution in [-0.4, -0.2) is 48.7 Å². The molecular weight excluding hydrogens is 380 g/mol. The van der Waals surface area contributed by atoms with Gasteiger partial charge in [0.1, 0.15) is 5.58 Å². The van der Waals surface area contributed by atoms with Crippen molar-refractivity contribution in [3.05, 3.63) is 70.6 Å². The number of ether oxygens (including phenoxy) is 1. The molecule has 6 heteroatoms. The van der Waals surface area contributed by atoms with Crippen molar-refractivity contribution in [1.82, 2.24) is 10.2 Å². The second-order valence-corrected chi connectivity index (χ2v) is 8.22. The fourth-order valence-electron chi connectivity index (χ4n) is 4.50. The Morgan fingerprint density at radius 3 is 2.87 bits per heavy atom. The number of benzene rings is 2. The average Bonchev–Trinajstić information content (AvgIpc) is 3.14. The number of nitrogens with one attached hydrogen (secondary N) is 1. The Bertz CT molecular complexity index is 1160. The van der Waals surface area contributed by atoms with Gasteiger partial charge in [0, 0.05) is 36.1 Å². The van der Waals surface area contributed by atoms with E-state index in [1.165, 1.54) is 0 Å². The molecule has 6 nitrogen and oxygen atoms in total. The molecule has 30 heavy (non-hydrogen) atoms. The number of morpholine rings is 1. The van der Waals surface area contributed by atoms with Gasteiger partial charge in [0.25, 0.3) is 5.91 Å². The first-order valence-electron chi connectivity index (χ1n) is 10.4. The zero-order chi connectivity index (χ0) is 20.7. The number of hydrogen-bond acceptors (Lipinski definition) is 5. The van der Waals surface area contributed by atoms with Crippen molar-refractivity contribution >= 4 is 16.9 Å². The van der Waals surface area contributed by atoms with Crippen LogP contribution in [0.25, 0.3) is 22.1 Å². The number of hydrogen-bond donors (Lipinski definition) is 1. The molecule has 5 rings (SSSR count). The lowest BCUT2D eigenvalue weighted by Crippen LogP contribution is -2.45. The molecular formula is C24H24N2O4. The van der Waals surface area contributed by atoms with E-state index in [-0.39, 0.29) is 18.1 Å². The molecule has 154 valence electrons. The predicted molar refractivity (Wildman–Crippen MR) is 115 cm³/mol. The molecule has 2 aliphatic rings. The lowest BCUT2D eigenvalue weighted by Gasteiger charge is -2.33. The second kappa shape index (κ2) is 7.70. The number of amides is 1. The Morgan fingerprint density at radius 1 is 1.10 bits per heavy atom. The maximum atomic E-state index is 12.9. The van der Waals surface area contributed by atoms with Crippen LogP contribution >= 0.6 is 0 Å². The monoisotopic (exact) mass is 404 g/mol. The van der Waals surface area contributed by atoms with Crippen LogP contribution in [0.3, 0.4) is 0 Å². The summed E-state index contributed by atoms with van der Waals surface area (Å²) in [5.41, 5.74) is 1.81. The lowest BCUT2D eigenvalue weighted by atomic mass is 10.0. The molecule has 0 unspecified atom stereocenters. The second-order valence-electron chi connectivity index (χ2n) is 8.22. The highest BCUT2D eigenvalue weighted by Crippen LogP contribution is 2.24. The summed E-state index contributed by atoms with van der Waals surface area (Å²) in [6.45, 7) is 4.56. The van der Waals surface area contributed by atoms with Crippen LogP contribution in [0.2, 0.25) is 0 Å². The van der Waals surface area contributed by atoms with Crippen LogP contribution in [0.1, 0.15) is 23.7 Å². The van der Waals surface area contributed by atoms with Crippen LogP contribution in [0.4, 0.5) is 0 Å². The Kier molecular flexibility index (Phi) is 4.89. The smallest absolute Gasteiger partial charge is 0.344 e. The van der Waals surface area contributed by atoms with E-state index >= 15 is 0 Å². The molecule has 3 aromatic rings. The SMILES string of the molecule is C[C@@H]1CN2C[C@H](NC(=O)c3cccc(-c4cc5ccccc5oc4=O)c3)C[C@H]2CO1. The van der Waals surface area contributed by atoms with Crippen LogP contribution < -0.4 is 10.9 Å². The molecule has 2 fully saturated rings. The van der Waals surface area contributed by atoms with Crippen molar-refractivity contribution in [1.29, 1.82) is 0 Å². The molecule has 2 aromatic carbocycles. The zero-order valence-electron chi connectivity index (χ0n) is 16.8. The Hall–Kier alpha value is -2.96. The highest BCUT2D eigenvalue weighted by molar-refractivity contribution is 5.96. The van der Waals surface area contributed by atoms with Crippen molar-refractivity contribution in [2.24, 2.45) is 0 Å². The molecule has 3 heterocycles. The van der Waals surface area contributed by atoms with Gasteiger partial charge < -0.3 is 14.5 Å². The summed E-state index contributed by atoms with van der Waals surface area (Å²) >= 11 is 0. The van der Waals surface area contributed by atoms with Crippen molar-refractivity contribution < 1.29 is 13.9 Å². The van der Waals surface area contributed by atoms with Gasteiger partial charge >= 0.3 is 5.63 Å². The van der Waals surface area contributed by atoms with Crippen LogP contribution in [0, 0.1) is 0 Å². The van der Waals surface area contributed by atoms with E-state index in [4.69, 9.17) is 9.15 Å². The standard InChI is InChI=1S/C24H24N2O4/c1-15-12-26-13-19(11-20(26)14-29-15)25-23(27)18-7-4-6-16(9-18)21-10-17-5-2-3-8-22(17)30-24(21)28/h2-10,15,19-20H,11-14H2,1H3,(H,25,27)/t15-,19-,20+/m1/s1. The van der Waals surface area contributed by atoms with Gasteiger partial charge in [-0.05, 0) is 43.2 Å². The van der Waals surface area contributed by atoms with Crippen LogP contribution in [0.5, 0.6) is 0 Å². The largest absolute Gasteiger partial charge is 0.422 e. The van der Waals surface area contributed by atoms with Gasteiger partial charge in [0.2, 0.25) is 0 Å². The van der Waals surface area contributed by atoms with E-state index in [1.807, 2.05) is 30.3 Å². The molecule has 2 aliphatic heterocycles. The number of fused-ring (bicyclic) bond motifs is 2. The molecule has 0 bridgehead atoms. The maximum absolute atomic E-state index is 12.9. The zero-order valence-corrected chi connectivity index (χ0v) is 16.8. The third-order valence-electron chi connectivity index (χ3n) is 6.01. The van der Waals surface area contributed by atoms with Crippen molar-refractivity contribution in [3.8, 4) is 11.1 Å². The quantitative estimate of drug-likeness (QED) is 0.680. The Labute approximate surface area is 174 Å². The molecule has 2 saturated heterocycles. The molecule has 0 spiro atoms. The molecule has 0 radical (unpaired) electrons. The van der Waals surface area contributed by atoms with Gasteiger partial charge in [-0.15, -0.1) is 0 Å². The van der Waals surface area contributed by atoms with E-state index in [1.54, 1.807) is 24.3 Å². The molecule has 3 atom stereocenters. The number of rotatable bonds is 3. The van der Waals surface area contributed by atoms with Crippen molar-refractivity contribution in [3.63, 3.8) is 0 Å². The minimum atomic E-state index is -0.409. The Morgan fingerprint density at radius 2 is 1.97 bits per heavy atom. The van der Waals surface area contributed by atoms with Crippen molar-refractivity contribution in [2.45, 2.75) is 31.5 Å². The topological polar surface area (TPSA) is 71.8 Å². The van der Waals surface area contributed by atoms with Gasteiger partial charge in [0.15, 0.2) is 0 Å². The third kappa shape index (κ3) is 3.64. The van der Waals surface area contributed by atoms with Gasteiger partial charge in [-0.3, -0.25) is 9.69 Å². The summed E-state index contributed by atoms with van der Waals surface area (Å²) in [4.78, 5) is 27.8. The summed E-state index contributed by atoms with van der Waals surface area (Å²) in [6, 6.07) is 16.8. The summed E-state index contributed by atoms with van der Waals surface area (Å²) in [6.07, 6.45) is 1.13. The summed E-state index contributed by atoms with van der Waals surface area (Å²) in [7, 11) is 0. The fraction of sp³-hybridized carbons (Fsp3) is 0.333. The van der Waals surface area contributed by atoms with E-state index in [0.717, 1.165) is 31.5 Å². The number of para-hydroxylation sites is 1. The average molecular weight is 404 g/mol. The first kappa shape index (κ1) is 19.0. The maximum Gasteiger partial charge on any atom is 0.344 e. The predicted octanol–water partition coefficient (Wildman–Crippen LogP) is 3.05. The highest BCUT2D eigenvalue weighted by atomic mass is 16.5. The minimum Gasteiger partial charge on any atom is -0.422 e. The van der Waals surface area contributed by atoms with E-state index in [2.05, 4.69) is 17.1 Å². The summed E-state index contributed by atoms with van der Waals surface area (Å²) < 4.78 is 11.2. The lowest BCUT2D eigenvalue weighted by molar-refractivity contribution is -0.0390. The van der Waals surface area contributed by atoms with Gasteiger partial charge in [-0.1, -0.05) is 30.3 Å². The highest BCUT2D eigenvalue weighted by Gasteiger charge is 2.36. The van der Waals surface area contributed by atoms with E-state index in [9.17, 15) is 9.59 Å². The molecule has 1 amide bonds. The van der Waals surface area contributed by atoms with E-state index < -0.39 is 5.63 Å². The Balaban J connectivity index is 1.36. The first-order valence-corrected chi connectivity index (χ1v) is 10.4. The molecule has 1 aromatic heterocycles. The minimum absolute atomic E-state index is 0.103. The van der Waals surface area contributed by atoms with E-state index in [0.29, 0.717) is 28.3 Å². The summed E-state index contributed by atoms with van der Waals surface area (Å²) in [5.74, 6) is -0.124. The molecule has 0 aliphatic carbocycles. The van der Waals surface area contributed by atoms with Gasteiger partial charge in [-0.25, -0.2) is 4.79 Å². The third-order valence-corrected chi connectivity index (χ3v) is 6.01. The fourth-order valence-corrected chi connectivity index (χ4v) is 4.50. The number of carbonyl (C=O) groups excluding carboxylic acids is 1.